The van der Waals surface area contributed by atoms with Gasteiger partial charge in [-0.15, -0.1) is 0 Å². The number of hydrogen-bond acceptors (Lipinski definition) is 4. The lowest BCUT2D eigenvalue weighted by Crippen LogP contribution is -2.11. The number of nitrogens with zero attached hydrogens (tertiary/aromatic N) is 1. The highest BCUT2D eigenvalue weighted by Crippen LogP contribution is 2.38. The second-order valence-corrected chi connectivity index (χ2v) is 6.43. The second-order valence-electron chi connectivity index (χ2n) is 6.43. The molecule has 142 valence electrons. The first-order valence-corrected chi connectivity index (χ1v) is 8.97. The highest BCUT2D eigenvalue weighted by molar-refractivity contribution is 5.84. The summed E-state index contributed by atoms with van der Waals surface area (Å²) in [6.07, 6.45) is 1.15. The fourth-order valence-corrected chi connectivity index (χ4v) is 2.91. The van der Waals surface area contributed by atoms with Gasteiger partial charge in [0.1, 0.15) is 11.5 Å². The summed E-state index contributed by atoms with van der Waals surface area (Å²) in [5, 5.41) is 0. The molecule has 0 fully saturated rings. The smallest absolute Gasteiger partial charge is 0.335 e. The first-order chi connectivity index (χ1) is 13.5. The summed E-state index contributed by atoms with van der Waals surface area (Å²) < 4.78 is 10.7. The third-order valence-corrected chi connectivity index (χ3v) is 4.52. The monoisotopic (exact) mass is 373 g/mol. The summed E-state index contributed by atoms with van der Waals surface area (Å²) in [5.41, 5.74) is 5.23. The van der Waals surface area contributed by atoms with Crippen molar-refractivity contribution < 1.29 is 14.3 Å². The number of carbonyl (C=O) groups is 1. The lowest BCUT2D eigenvalue weighted by atomic mass is 10.1. The molecule has 0 aliphatic heterocycles. The van der Waals surface area contributed by atoms with Gasteiger partial charge in [-0.2, -0.15) is 0 Å². The van der Waals surface area contributed by atoms with Gasteiger partial charge in [0.2, 0.25) is 0 Å². The maximum atomic E-state index is 11.6. The predicted molar refractivity (Wildman–Crippen MR) is 113 cm³/mol. The molecule has 3 aromatic rings. The van der Waals surface area contributed by atoms with E-state index in [0.717, 1.165) is 28.9 Å². The fourth-order valence-electron chi connectivity index (χ4n) is 2.91. The van der Waals surface area contributed by atoms with Gasteiger partial charge < -0.3 is 14.4 Å². The Hall–Kier alpha value is -3.53. The number of esters is 1. The van der Waals surface area contributed by atoms with Crippen molar-refractivity contribution >= 4 is 23.0 Å². The number of anilines is 3. The Morgan fingerprint density at radius 2 is 1.46 bits per heavy atom. The second kappa shape index (κ2) is 8.44. The topological polar surface area (TPSA) is 38.8 Å². The van der Waals surface area contributed by atoms with E-state index in [1.807, 2.05) is 42.5 Å². The van der Waals surface area contributed by atoms with E-state index in [9.17, 15) is 4.79 Å². The molecular weight excluding hydrogens is 350 g/mol. The molecule has 0 aliphatic carbocycles. The summed E-state index contributed by atoms with van der Waals surface area (Å²) in [4.78, 5) is 13.7. The van der Waals surface area contributed by atoms with E-state index in [1.54, 1.807) is 13.2 Å². The maximum absolute atomic E-state index is 11.6. The highest BCUT2D eigenvalue weighted by Gasteiger charge is 2.15. The summed E-state index contributed by atoms with van der Waals surface area (Å²) in [5.74, 6) is 0.732. The number of ether oxygens (including phenoxy) is 2. The van der Waals surface area contributed by atoms with Gasteiger partial charge in [-0.25, -0.2) is 4.79 Å². The number of aryl methyl sites for hydroxylation is 2. The van der Waals surface area contributed by atoms with Gasteiger partial charge in [-0.05, 0) is 61.4 Å². The molecule has 0 bridgehead atoms. The maximum Gasteiger partial charge on any atom is 0.335 e. The predicted octanol–water partition coefficient (Wildman–Crippen LogP) is 5.87. The Bertz CT molecular complexity index is 1010. The SMILES string of the molecule is C=CC(=O)Oc1cccc(N(c2cccc(OC)c2)c2ccc(C)c(C)c2)c1. The molecule has 0 aromatic heterocycles. The summed E-state index contributed by atoms with van der Waals surface area (Å²) >= 11 is 0. The Morgan fingerprint density at radius 1 is 0.857 bits per heavy atom. The molecule has 0 radical (unpaired) electrons. The van der Waals surface area contributed by atoms with Crippen molar-refractivity contribution in [2.75, 3.05) is 12.0 Å². The van der Waals surface area contributed by atoms with Gasteiger partial charge in [0, 0.05) is 35.3 Å². The molecule has 0 saturated heterocycles. The zero-order chi connectivity index (χ0) is 20.1. The zero-order valence-electron chi connectivity index (χ0n) is 16.3. The lowest BCUT2D eigenvalue weighted by Gasteiger charge is -2.26. The van der Waals surface area contributed by atoms with Gasteiger partial charge in [0.15, 0.2) is 0 Å². The lowest BCUT2D eigenvalue weighted by molar-refractivity contribution is -0.128. The van der Waals surface area contributed by atoms with E-state index >= 15 is 0 Å². The summed E-state index contributed by atoms with van der Waals surface area (Å²) in [6, 6.07) is 21.5. The van der Waals surface area contributed by atoms with Crippen molar-refractivity contribution in [2.45, 2.75) is 13.8 Å². The molecule has 0 N–H and O–H groups in total. The zero-order valence-corrected chi connectivity index (χ0v) is 16.3. The van der Waals surface area contributed by atoms with Crippen molar-refractivity contribution in [3.63, 3.8) is 0 Å². The van der Waals surface area contributed by atoms with Crippen molar-refractivity contribution in [2.24, 2.45) is 0 Å². The minimum Gasteiger partial charge on any atom is -0.497 e. The van der Waals surface area contributed by atoms with Gasteiger partial charge in [0.25, 0.3) is 0 Å². The van der Waals surface area contributed by atoms with Crippen LogP contribution in [0.15, 0.2) is 79.4 Å². The van der Waals surface area contributed by atoms with E-state index in [2.05, 4.69) is 43.5 Å². The van der Waals surface area contributed by atoms with E-state index < -0.39 is 5.97 Å². The van der Waals surface area contributed by atoms with Crippen molar-refractivity contribution in [3.05, 3.63) is 90.5 Å². The van der Waals surface area contributed by atoms with Crippen molar-refractivity contribution in [3.8, 4) is 11.5 Å². The first kappa shape index (κ1) is 19.2. The Balaban J connectivity index is 2.13. The summed E-state index contributed by atoms with van der Waals surface area (Å²) in [7, 11) is 1.65. The standard InChI is InChI=1S/C24H23NO3/c1-5-24(26)28-23-11-7-9-20(16-23)25(19-8-6-10-22(15-19)27-4)21-13-12-17(2)18(3)14-21/h5-16H,1H2,2-4H3. The van der Waals surface area contributed by atoms with Crippen LogP contribution in [0.1, 0.15) is 11.1 Å². The minimum atomic E-state index is -0.490. The summed E-state index contributed by atoms with van der Waals surface area (Å²) in [6.45, 7) is 7.62. The minimum absolute atomic E-state index is 0.458. The van der Waals surface area contributed by atoms with Crippen LogP contribution < -0.4 is 14.4 Å². The average Bonchev–Trinajstić information content (AvgIpc) is 2.71. The van der Waals surface area contributed by atoms with Crippen molar-refractivity contribution in [1.82, 2.24) is 0 Å². The van der Waals surface area contributed by atoms with Gasteiger partial charge in [0.05, 0.1) is 7.11 Å². The number of methoxy groups -OCH3 is 1. The van der Waals surface area contributed by atoms with Crippen LogP contribution in [0, 0.1) is 13.8 Å². The van der Waals surface area contributed by atoms with Crippen LogP contribution >= 0.6 is 0 Å². The van der Waals surface area contributed by atoms with Crippen LogP contribution in [0.4, 0.5) is 17.1 Å². The number of rotatable bonds is 6. The Morgan fingerprint density at radius 3 is 2.07 bits per heavy atom. The molecule has 4 heteroatoms. The van der Waals surface area contributed by atoms with Gasteiger partial charge in [-0.1, -0.05) is 24.8 Å². The third kappa shape index (κ3) is 4.23. The van der Waals surface area contributed by atoms with Crippen LogP contribution in [-0.4, -0.2) is 13.1 Å². The van der Waals surface area contributed by atoms with E-state index in [-0.39, 0.29) is 0 Å². The van der Waals surface area contributed by atoms with Crippen LogP contribution in [0.25, 0.3) is 0 Å². The molecule has 3 aromatic carbocycles. The van der Waals surface area contributed by atoms with Crippen LogP contribution in [0.2, 0.25) is 0 Å². The average molecular weight is 373 g/mol. The molecule has 4 nitrogen and oxygen atoms in total. The highest BCUT2D eigenvalue weighted by atomic mass is 16.5. The number of carbonyl (C=O) groups excluding carboxylic acids is 1. The molecular formula is C24H23NO3. The largest absolute Gasteiger partial charge is 0.497 e. The molecule has 28 heavy (non-hydrogen) atoms. The van der Waals surface area contributed by atoms with E-state index in [1.165, 1.54) is 11.1 Å². The first-order valence-electron chi connectivity index (χ1n) is 8.97. The molecule has 0 amide bonds. The Labute approximate surface area is 165 Å². The van der Waals surface area contributed by atoms with Gasteiger partial charge in [-0.3, -0.25) is 0 Å². The molecule has 0 aliphatic rings. The molecule has 0 unspecified atom stereocenters. The molecule has 0 atom stereocenters. The normalized spacial score (nSPS) is 10.2. The number of benzene rings is 3. The molecule has 0 heterocycles. The quantitative estimate of drug-likeness (QED) is 0.308. The van der Waals surface area contributed by atoms with Crippen LogP contribution in [-0.2, 0) is 4.79 Å². The van der Waals surface area contributed by atoms with Gasteiger partial charge >= 0.3 is 5.97 Å². The van der Waals surface area contributed by atoms with E-state index in [4.69, 9.17) is 9.47 Å². The fraction of sp³-hybridized carbons (Fsp3) is 0.125. The number of hydrogen-bond donors (Lipinski definition) is 0. The molecule has 0 spiro atoms. The van der Waals surface area contributed by atoms with Crippen LogP contribution in [0.5, 0.6) is 11.5 Å². The molecule has 0 saturated carbocycles. The molecule has 3 rings (SSSR count). The van der Waals surface area contributed by atoms with Crippen molar-refractivity contribution in [1.29, 1.82) is 0 Å². The third-order valence-electron chi connectivity index (χ3n) is 4.52. The van der Waals surface area contributed by atoms with Crippen LogP contribution in [0.3, 0.4) is 0 Å². The van der Waals surface area contributed by atoms with E-state index in [0.29, 0.717) is 5.75 Å². The Kier molecular flexibility index (Phi) is 5.80.